The van der Waals surface area contributed by atoms with E-state index in [1.54, 1.807) is 30.6 Å². The number of aromatic nitrogens is 4. The molecule has 178 valence electrons. The predicted octanol–water partition coefficient (Wildman–Crippen LogP) is 1.17. The largest absolute Gasteiger partial charge is 0.506 e. The molecule has 0 radical (unpaired) electrons. The molecule has 4 heterocycles. The summed E-state index contributed by atoms with van der Waals surface area (Å²) < 4.78 is 0. The minimum absolute atomic E-state index is 0.0291. The van der Waals surface area contributed by atoms with Crippen LogP contribution < -0.4 is 15.5 Å². The number of pyridine rings is 2. The molecule has 0 spiro atoms. The zero-order chi connectivity index (χ0) is 24.6. The first-order chi connectivity index (χ1) is 17.0. The van der Waals surface area contributed by atoms with E-state index in [1.165, 1.54) is 18.5 Å². The Morgan fingerprint density at radius 2 is 1.89 bits per heavy atom. The van der Waals surface area contributed by atoms with Crippen molar-refractivity contribution in [2.75, 3.05) is 31.1 Å². The van der Waals surface area contributed by atoms with E-state index in [0.29, 0.717) is 48.7 Å². The molecule has 1 unspecified atom stereocenters. The molecule has 4 rings (SSSR count). The van der Waals surface area contributed by atoms with E-state index >= 15 is 0 Å². The van der Waals surface area contributed by atoms with Gasteiger partial charge in [0.05, 0.1) is 6.20 Å². The summed E-state index contributed by atoms with van der Waals surface area (Å²) in [5.41, 5.74) is 1.78. The van der Waals surface area contributed by atoms with Crippen molar-refractivity contribution in [3.05, 3.63) is 71.4 Å². The van der Waals surface area contributed by atoms with Crippen molar-refractivity contribution in [1.29, 1.82) is 0 Å². The van der Waals surface area contributed by atoms with Gasteiger partial charge in [-0.2, -0.15) is 0 Å². The summed E-state index contributed by atoms with van der Waals surface area (Å²) >= 11 is 0. The lowest BCUT2D eigenvalue weighted by Crippen LogP contribution is -2.55. The monoisotopic (exact) mass is 471 g/mol. The van der Waals surface area contributed by atoms with Gasteiger partial charge in [0.1, 0.15) is 11.8 Å². The van der Waals surface area contributed by atoms with E-state index in [1.807, 2.05) is 11.8 Å². The van der Waals surface area contributed by atoms with Gasteiger partial charge in [-0.15, -0.1) is 10.2 Å². The maximum absolute atomic E-state index is 13.4. The molecule has 1 aliphatic heterocycles. The van der Waals surface area contributed by atoms with Gasteiger partial charge in [-0.05, 0) is 30.7 Å². The van der Waals surface area contributed by atoms with E-state index in [2.05, 4.69) is 42.6 Å². The number of hydrogen-bond acceptors (Lipinski definition) is 9. The van der Waals surface area contributed by atoms with Crippen LogP contribution >= 0.6 is 0 Å². The van der Waals surface area contributed by atoms with Crippen molar-refractivity contribution < 1.29 is 14.7 Å². The van der Waals surface area contributed by atoms with Crippen LogP contribution in [-0.2, 0) is 0 Å². The Bertz CT molecular complexity index is 1270. The first-order valence-corrected chi connectivity index (χ1v) is 11.3. The Labute approximate surface area is 202 Å². The Balaban J connectivity index is 1.52. The Morgan fingerprint density at radius 3 is 2.60 bits per heavy atom. The van der Waals surface area contributed by atoms with Crippen LogP contribution in [0.2, 0.25) is 0 Å². The number of Topliss-reactive ketones (excluding diaryl/α,β-unsaturated/α-hetero) is 1. The van der Waals surface area contributed by atoms with Crippen molar-refractivity contribution in [2.45, 2.75) is 19.4 Å². The summed E-state index contributed by atoms with van der Waals surface area (Å²) in [5, 5.41) is 23.8. The van der Waals surface area contributed by atoms with Gasteiger partial charge in [-0.25, -0.2) is 0 Å². The number of aromatic hydroxyl groups is 1. The first kappa shape index (κ1) is 23.8. The fourth-order valence-electron chi connectivity index (χ4n) is 3.62. The predicted molar refractivity (Wildman–Crippen MR) is 129 cm³/mol. The van der Waals surface area contributed by atoms with E-state index in [-0.39, 0.29) is 23.1 Å². The standard InChI is InChI=1S/C25H25N7O3/c1-2-7-29-25(35)21-5-6-23(31-30-21)32-9-8-26-16-22(32)24(34)19-10-17(12-27-14-19)3-4-18-11-20(33)15-28-13-18/h5-6,10-15,22,26,33H,2,7-9,16H2,1H3,(H,29,35). The minimum atomic E-state index is -0.516. The van der Waals surface area contributed by atoms with Gasteiger partial charge in [0, 0.05) is 61.5 Å². The Kier molecular flexibility index (Phi) is 7.60. The van der Waals surface area contributed by atoms with E-state index in [0.717, 1.165) is 6.42 Å². The summed E-state index contributed by atoms with van der Waals surface area (Å²) in [6.45, 7) is 4.22. The molecule has 3 aromatic heterocycles. The van der Waals surface area contributed by atoms with Gasteiger partial charge in [0.2, 0.25) is 0 Å². The molecular weight excluding hydrogens is 446 g/mol. The summed E-state index contributed by atoms with van der Waals surface area (Å²) in [5.74, 6) is 6.02. The molecule has 0 saturated carbocycles. The first-order valence-electron chi connectivity index (χ1n) is 11.3. The van der Waals surface area contributed by atoms with E-state index in [4.69, 9.17) is 0 Å². The molecule has 3 N–H and O–H groups in total. The van der Waals surface area contributed by atoms with Crippen LogP contribution in [-0.4, -0.2) is 69.2 Å². The third-order valence-corrected chi connectivity index (χ3v) is 5.36. The highest BCUT2D eigenvalue weighted by atomic mass is 16.3. The Hall–Kier alpha value is -4.36. The molecule has 0 bridgehead atoms. The summed E-state index contributed by atoms with van der Waals surface area (Å²) in [4.78, 5) is 35.5. The van der Waals surface area contributed by atoms with Crippen LogP contribution in [0.3, 0.4) is 0 Å². The molecule has 10 nitrogen and oxygen atoms in total. The maximum Gasteiger partial charge on any atom is 0.271 e. The molecule has 1 aliphatic rings. The number of ketones is 1. The summed E-state index contributed by atoms with van der Waals surface area (Å²) in [6, 6.07) is 6.01. The molecule has 10 heteroatoms. The van der Waals surface area contributed by atoms with Crippen LogP contribution in [0.25, 0.3) is 0 Å². The number of piperazine rings is 1. The van der Waals surface area contributed by atoms with Crippen molar-refractivity contribution in [3.8, 4) is 17.6 Å². The molecule has 1 saturated heterocycles. The average Bonchev–Trinajstić information content (AvgIpc) is 2.90. The number of carbonyl (C=O) groups excluding carboxylic acids is 2. The highest BCUT2D eigenvalue weighted by Crippen LogP contribution is 2.19. The van der Waals surface area contributed by atoms with Crippen molar-refractivity contribution in [2.24, 2.45) is 0 Å². The van der Waals surface area contributed by atoms with Crippen molar-refractivity contribution >= 4 is 17.5 Å². The number of nitrogens with zero attached hydrogens (tertiary/aromatic N) is 5. The SMILES string of the molecule is CCCNC(=O)c1ccc(N2CCNCC2C(=O)c2cncc(C#Cc3cncc(O)c3)c2)nn1. The normalized spacial score (nSPS) is 15.1. The molecule has 1 amide bonds. The molecule has 3 aromatic rings. The maximum atomic E-state index is 13.4. The molecule has 0 aromatic carbocycles. The number of amides is 1. The van der Waals surface area contributed by atoms with Gasteiger partial charge in [0.15, 0.2) is 17.3 Å². The van der Waals surface area contributed by atoms with Gasteiger partial charge < -0.3 is 20.6 Å². The van der Waals surface area contributed by atoms with Crippen molar-refractivity contribution in [3.63, 3.8) is 0 Å². The second kappa shape index (κ2) is 11.2. The Morgan fingerprint density at radius 1 is 1.11 bits per heavy atom. The minimum Gasteiger partial charge on any atom is -0.506 e. The lowest BCUT2D eigenvalue weighted by atomic mass is 10.0. The number of anilines is 1. The molecule has 1 fully saturated rings. The second-order valence-corrected chi connectivity index (χ2v) is 7.95. The number of nitrogens with one attached hydrogen (secondary N) is 2. The van der Waals surface area contributed by atoms with Crippen LogP contribution in [0.15, 0.2) is 49.1 Å². The van der Waals surface area contributed by atoms with Gasteiger partial charge >= 0.3 is 0 Å². The zero-order valence-corrected chi connectivity index (χ0v) is 19.2. The topological polar surface area (TPSA) is 133 Å². The van der Waals surface area contributed by atoms with Crippen molar-refractivity contribution in [1.82, 2.24) is 30.8 Å². The van der Waals surface area contributed by atoms with Gasteiger partial charge in [-0.3, -0.25) is 19.6 Å². The average molecular weight is 472 g/mol. The number of rotatable bonds is 6. The summed E-state index contributed by atoms with van der Waals surface area (Å²) in [6.07, 6.45) is 6.79. The fraction of sp³-hybridized carbons (Fsp3) is 0.280. The van der Waals surface area contributed by atoms with Crippen LogP contribution in [0, 0.1) is 11.8 Å². The van der Waals surface area contributed by atoms with Crippen LogP contribution in [0.4, 0.5) is 5.82 Å². The second-order valence-electron chi connectivity index (χ2n) is 7.95. The smallest absolute Gasteiger partial charge is 0.271 e. The number of hydrogen-bond donors (Lipinski definition) is 3. The third kappa shape index (κ3) is 5.96. The number of carbonyl (C=O) groups is 2. The highest BCUT2D eigenvalue weighted by molar-refractivity contribution is 6.02. The lowest BCUT2D eigenvalue weighted by Gasteiger charge is -2.35. The van der Waals surface area contributed by atoms with E-state index < -0.39 is 6.04 Å². The molecule has 35 heavy (non-hydrogen) atoms. The lowest BCUT2D eigenvalue weighted by molar-refractivity contribution is 0.0938. The zero-order valence-electron chi connectivity index (χ0n) is 19.2. The van der Waals surface area contributed by atoms with Gasteiger partial charge in [0.25, 0.3) is 5.91 Å². The van der Waals surface area contributed by atoms with Crippen LogP contribution in [0.1, 0.15) is 45.3 Å². The summed E-state index contributed by atoms with van der Waals surface area (Å²) in [7, 11) is 0. The molecular formula is C25H25N7O3. The van der Waals surface area contributed by atoms with Crippen LogP contribution in [0.5, 0.6) is 5.75 Å². The fourth-order valence-corrected chi connectivity index (χ4v) is 3.62. The highest BCUT2D eigenvalue weighted by Gasteiger charge is 2.31. The van der Waals surface area contributed by atoms with Gasteiger partial charge in [-0.1, -0.05) is 18.8 Å². The molecule has 1 atom stereocenters. The third-order valence-electron chi connectivity index (χ3n) is 5.36. The quantitative estimate of drug-likeness (QED) is 0.358. The molecule has 0 aliphatic carbocycles. The van der Waals surface area contributed by atoms with E-state index in [9.17, 15) is 14.7 Å².